The van der Waals surface area contributed by atoms with Crippen molar-refractivity contribution in [3.63, 3.8) is 0 Å². The highest BCUT2D eigenvalue weighted by atomic mass is 79.9. The van der Waals surface area contributed by atoms with E-state index < -0.39 is 0 Å². The number of hydrogen-bond donors (Lipinski definition) is 1. The van der Waals surface area contributed by atoms with Crippen molar-refractivity contribution in [2.45, 2.75) is 39.2 Å². The topological polar surface area (TPSA) is 12.0 Å². The molecule has 17 heavy (non-hydrogen) atoms. The van der Waals surface area contributed by atoms with Crippen molar-refractivity contribution < 1.29 is 4.39 Å². The van der Waals surface area contributed by atoms with Crippen molar-refractivity contribution >= 4 is 15.9 Å². The molecule has 1 aliphatic rings. The van der Waals surface area contributed by atoms with Gasteiger partial charge in [0.2, 0.25) is 0 Å². The summed E-state index contributed by atoms with van der Waals surface area (Å²) < 4.78 is 13.6. The molecule has 0 amide bonds. The smallest absolute Gasteiger partial charge is 0.137 e. The molecule has 0 radical (unpaired) electrons. The van der Waals surface area contributed by atoms with Gasteiger partial charge in [-0.2, -0.15) is 0 Å². The van der Waals surface area contributed by atoms with E-state index in [9.17, 15) is 4.39 Å². The Bertz CT molecular complexity index is 382. The summed E-state index contributed by atoms with van der Waals surface area (Å²) >= 11 is 3.21. The van der Waals surface area contributed by atoms with E-state index in [1.165, 1.54) is 31.7 Å². The number of rotatable bonds is 5. The van der Waals surface area contributed by atoms with Gasteiger partial charge in [0.05, 0.1) is 4.47 Å². The highest BCUT2D eigenvalue weighted by Gasteiger charge is 2.34. The minimum atomic E-state index is -0.197. The van der Waals surface area contributed by atoms with E-state index in [1.54, 1.807) is 0 Å². The molecule has 0 heterocycles. The summed E-state index contributed by atoms with van der Waals surface area (Å²) in [6.07, 6.45) is 5.33. The molecule has 1 aromatic rings. The van der Waals surface area contributed by atoms with Crippen LogP contribution in [0.25, 0.3) is 0 Å². The lowest BCUT2D eigenvalue weighted by Gasteiger charge is -2.41. The van der Waals surface area contributed by atoms with Gasteiger partial charge in [-0.3, -0.25) is 0 Å². The lowest BCUT2D eigenvalue weighted by atomic mass is 9.67. The Morgan fingerprint density at radius 1 is 1.41 bits per heavy atom. The summed E-state index contributed by atoms with van der Waals surface area (Å²) in [5.74, 6) is -0.197. The van der Waals surface area contributed by atoms with E-state index in [-0.39, 0.29) is 5.82 Å². The molecule has 2 rings (SSSR count). The van der Waals surface area contributed by atoms with Crippen molar-refractivity contribution in [2.24, 2.45) is 5.41 Å². The molecule has 0 spiro atoms. The average Bonchev–Trinajstić information content (AvgIpc) is 2.27. The van der Waals surface area contributed by atoms with Crippen molar-refractivity contribution in [1.29, 1.82) is 0 Å². The molecule has 0 saturated heterocycles. The molecular weight excluding hydrogens is 281 g/mol. The third kappa shape index (κ3) is 3.08. The summed E-state index contributed by atoms with van der Waals surface area (Å²) in [5.41, 5.74) is 1.67. The fourth-order valence-corrected chi connectivity index (χ4v) is 2.88. The van der Waals surface area contributed by atoms with Gasteiger partial charge in [0.1, 0.15) is 5.82 Å². The van der Waals surface area contributed by atoms with Crippen LogP contribution >= 0.6 is 15.9 Å². The normalized spacial score (nSPS) is 17.8. The molecule has 0 unspecified atom stereocenters. The Morgan fingerprint density at radius 3 is 2.71 bits per heavy atom. The predicted octanol–water partition coefficient (Wildman–Crippen LogP) is 4.26. The predicted molar refractivity (Wildman–Crippen MR) is 72.4 cm³/mol. The first-order chi connectivity index (χ1) is 8.15. The first kappa shape index (κ1) is 13.0. The van der Waals surface area contributed by atoms with Crippen LogP contribution in [0.1, 0.15) is 38.2 Å². The Labute approximate surface area is 111 Å². The van der Waals surface area contributed by atoms with Gasteiger partial charge in [-0.05, 0) is 58.3 Å². The van der Waals surface area contributed by atoms with Gasteiger partial charge in [0.15, 0.2) is 0 Å². The molecule has 1 N–H and O–H groups in total. The Kier molecular flexibility index (Phi) is 4.21. The van der Waals surface area contributed by atoms with Crippen LogP contribution in [0.4, 0.5) is 4.39 Å². The van der Waals surface area contributed by atoms with Crippen LogP contribution < -0.4 is 5.32 Å². The monoisotopic (exact) mass is 299 g/mol. The van der Waals surface area contributed by atoms with Crippen molar-refractivity contribution in [3.8, 4) is 0 Å². The Hall–Kier alpha value is -0.410. The zero-order chi connectivity index (χ0) is 12.3. The molecule has 3 heteroatoms. The minimum Gasteiger partial charge on any atom is -0.312 e. The lowest BCUT2D eigenvalue weighted by Crippen LogP contribution is -2.39. The fraction of sp³-hybridized carbons (Fsp3) is 0.571. The largest absolute Gasteiger partial charge is 0.312 e. The SMILES string of the molecule is CCC1(CNCc2ccc(F)c(Br)c2)CCC1. The summed E-state index contributed by atoms with van der Waals surface area (Å²) in [6.45, 7) is 4.18. The highest BCUT2D eigenvalue weighted by Crippen LogP contribution is 2.43. The second-order valence-electron chi connectivity index (χ2n) is 5.06. The third-order valence-corrected chi connectivity index (χ3v) is 4.59. The molecule has 1 aliphatic carbocycles. The summed E-state index contributed by atoms with van der Waals surface area (Å²) in [6, 6.07) is 5.20. The molecule has 1 aromatic carbocycles. The number of nitrogens with one attached hydrogen (secondary N) is 1. The summed E-state index contributed by atoms with van der Waals surface area (Å²) in [7, 11) is 0. The number of benzene rings is 1. The molecule has 1 fully saturated rings. The second-order valence-corrected chi connectivity index (χ2v) is 5.91. The van der Waals surface area contributed by atoms with E-state index in [0.29, 0.717) is 9.89 Å². The van der Waals surface area contributed by atoms with Crippen molar-refractivity contribution in [2.75, 3.05) is 6.54 Å². The molecule has 1 saturated carbocycles. The van der Waals surface area contributed by atoms with Gasteiger partial charge >= 0.3 is 0 Å². The zero-order valence-corrected chi connectivity index (χ0v) is 11.8. The molecule has 0 aliphatic heterocycles. The molecule has 1 nitrogen and oxygen atoms in total. The van der Waals surface area contributed by atoms with Gasteiger partial charge in [0.25, 0.3) is 0 Å². The lowest BCUT2D eigenvalue weighted by molar-refractivity contribution is 0.124. The Balaban J connectivity index is 1.83. The molecule has 0 bridgehead atoms. The van der Waals surface area contributed by atoms with Crippen LogP contribution in [0.15, 0.2) is 22.7 Å². The van der Waals surface area contributed by atoms with Crippen LogP contribution in [0.3, 0.4) is 0 Å². The van der Waals surface area contributed by atoms with Crippen LogP contribution in [0.5, 0.6) is 0 Å². The van der Waals surface area contributed by atoms with Crippen molar-refractivity contribution in [1.82, 2.24) is 5.32 Å². The second kappa shape index (κ2) is 5.49. The molecule has 0 atom stereocenters. The number of halogens is 2. The standard InChI is InChI=1S/C14H19BrFN/c1-2-14(6-3-7-14)10-17-9-11-4-5-13(16)12(15)8-11/h4-5,8,17H,2-3,6-7,9-10H2,1H3. The maximum atomic E-state index is 13.1. The van der Waals surface area contributed by atoms with Gasteiger partial charge in [-0.25, -0.2) is 4.39 Å². The summed E-state index contributed by atoms with van der Waals surface area (Å²) in [5, 5.41) is 3.50. The quantitative estimate of drug-likeness (QED) is 0.857. The van der Waals surface area contributed by atoms with Gasteiger partial charge in [-0.15, -0.1) is 0 Å². The van der Waals surface area contributed by atoms with Crippen molar-refractivity contribution in [3.05, 3.63) is 34.1 Å². The van der Waals surface area contributed by atoms with Crippen LogP contribution in [0.2, 0.25) is 0 Å². The van der Waals surface area contributed by atoms with Crippen LogP contribution in [-0.4, -0.2) is 6.54 Å². The minimum absolute atomic E-state index is 0.197. The van der Waals surface area contributed by atoms with E-state index >= 15 is 0 Å². The first-order valence-corrected chi connectivity index (χ1v) is 7.09. The third-order valence-electron chi connectivity index (χ3n) is 3.98. The van der Waals surface area contributed by atoms with Gasteiger partial charge in [0, 0.05) is 13.1 Å². The molecule has 94 valence electrons. The fourth-order valence-electron chi connectivity index (χ4n) is 2.45. The van der Waals surface area contributed by atoms with E-state index in [1.807, 2.05) is 12.1 Å². The maximum Gasteiger partial charge on any atom is 0.137 e. The van der Waals surface area contributed by atoms with Crippen LogP contribution in [-0.2, 0) is 6.54 Å². The van der Waals surface area contributed by atoms with Gasteiger partial charge in [-0.1, -0.05) is 19.4 Å². The average molecular weight is 300 g/mol. The summed E-state index contributed by atoms with van der Waals surface area (Å²) in [4.78, 5) is 0. The van der Waals surface area contributed by atoms with Crippen LogP contribution in [0, 0.1) is 11.2 Å². The first-order valence-electron chi connectivity index (χ1n) is 6.30. The molecule has 0 aromatic heterocycles. The highest BCUT2D eigenvalue weighted by molar-refractivity contribution is 9.10. The molecular formula is C14H19BrFN. The zero-order valence-electron chi connectivity index (χ0n) is 10.2. The van der Waals surface area contributed by atoms with Gasteiger partial charge < -0.3 is 5.32 Å². The number of hydrogen-bond acceptors (Lipinski definition) is 1. The van der Waals surface area contributed by atoms with E-state index in [4.69, 9.17) is 0 Å². The van der Waals surface area contributed by atoms with E-state index in [0.717, 1.165) is 18.7 Å². The van der Waals surface area contributed by atoms with E-state index in [2.05, 4.69) is 28.2 Å². The Morgan fingerprint density at radius 2 is 2.18 bits per heavy atom. The maximum absolute atomic E-state index is 13.1.